The molecule has 0 amide bonds. The first-order valence-electron chi connectivity index (χ1n) is 8.96. The molecule has 1 aromatic rings. The number of aryl methyl sites for hydroxylation is 1. The number of nitrogens with zero attached hydrogens (tertiary/aromatic N) is 4. The molecular weight excluding hydrogens is 389 g/mol. The van der Waals surface area contributed by atoms with Crippen molar-refractivity contribution in [2.24, 2.45) is 0 Å². The molecule has 2 heterocycles. The Morgan fingerprint density at radius 3 is 2.48 bits per heavy atom. The van der Waals surface area contributed by atoms with Gasteiger partial charge in [-0.2, -0.15) is 4.98 Å². The highest BCUT2D eigenvalue weighted by Gasteiger charge is 2.19. The Morgan fingerprint density at radius 1 is 1.07 bits per heavy atom. The minimum atomic E-state index is -0.689. The molecule has 7 nitrogen and oxygen atoms in total. The lowest BCUT2D eigenvalue weighted by molar-refractivity contribution is 0.294. The van der Waals surface area contributed by atoms with Crippen LogP contribution in [0.15, 0.2) is 21.7 Å². The van der Waals surface area contributed by atoms with E-state index in [-0.39, 0.29) is 11.5 Å². The van der Waals surface area contributed by atoms with Gasteiger partial charge in [0, 0.05) is 6.54 Å². The summed E-state index contributed by atoms with van der Waals surface area (Å²) in [5.74, 6) is 0.262. The lowest BCUT2D eigenvalue weighted by Gasteiger charge is -2.19. The number of benzene rings is 1. The van der Waals surface area contributed by atoms with Crippen molar-refractivity contribution in [2.45, 2.75) is 33.2 Å². The third-order valence-electron chi connectivity index (χ3n) is 4.65. The molecule has 0 saturated carbocycles. The van der Waals surface area contributed by atoms with Gasteiger partial charge in [0.15, 0.2) is 11.5 Å². The molecule has 1 N–H and O–H groups in total. The lowest BCUT2D eigenvalue weighted by atomic mass is 10.2. The zero-order valence-electron chi connectivity index (χ0n) is 15.3. The van der Waals surface area contributed by atoms with Crippen LogP contribution in [-0.4, -0.2) is 44.1 Å². The topological polar surface area (TPSA) is 83.9 Å². The molecule has 0 radical (unpaired) electrons. The van der Waals surface area contributed by atoms with E-state index in [1.807, 2.05) is 4.57 Å². The van der Waals surface area contributed by atoms with Gasteiger partial charge in [0.05, 0.1) is 21.1 Å². The molecule has 0 bridgehead atoms. The normalized spacial score (nSPS) is 11.7. The van der Waals surface area contributed by atoms with Crippen LogP contribution in [0.5, 0.6) is 0 Å². The lowest BCUT2D eigenvalue weighted by Crippen LogP contribution is -2.29. The minimum Gasteiger partial charge on any atom is -0.322 e. The number of hydrogen-bond donors (Lipinski definition) is 1. The SMILES string of the molecule is CCN(CC)CCCCn1c2nc(=O)[nH]c(=O)c-2nc2cc(Cl)c(Cl)cc21. The Kier molecular flexibility index (Phi) is 6.14. The molecular formula is C18H21Cl2N5O2. The molecule has 0 spiro atoms. The maximum atomic E-state index is 12.2. The van der Waals surface area contributed by atoms with Crippen LogP contribution in [0.4, 0.5) is 0 Å². The number of H-pyrrole nitrogens is 1. The van der Waals surface area contributed by atoms with E-state index in [1.54, 1.807) is 12.1 Å². The van der Waals surface area contributed by atoms with E-state index < -0.39 is 11.2 Å². The number of nitrogens with one attached hydrogen (secondary N) is 1. The summed E-state index contributed by atoms with van der Waals surface area (Å²) in [7, 11) is 0. The Balaban J connectivity index is 2.05. The van der Waals surface area contributed by atoms with Crippen LogP contribution < -0.4 is 11.2 Å². The van der Waals surface area contributed by atoms with E-state index in [2.05, 4.69) is 33.7 Å². The Labute approximate surface area is 166 Å². The average molecular weight is 410 g/mol. The number of rotatable bonds is 7. The van der Waals surface area contributed by atoms with Crippen molar-refractivity contribution >= 4 is 34.2 Å². The fourth-order valence-electron chi connectivity index (χ4n) is 3.16. The van der Waals surface area contributed by atoms with Gasteiger partial charge < -0.3 is 9.47 Å². The summed E-state index contributed by atoms with van der Waals surface area (Å²) >= 11 is 12.3. The van der Waals surface area contributed by atoms with Gasteiger partial charge in [-0.05, 0) is 44.6 Å². The molecule has 2 aliphatic heterocycles. The summed E-state index contributed by atoms with van der Waals surface area (Å²) in [5, 5.41) is 0.739. The molecule has 0 saturated heterocycles. The smallest absolute Gasteiger partial charge is 0.322 e. The first-order valence-corrected chi connectivity index (χ1v) is 9.72. The Bertz CT molecular complexity index is 1040. The number of unbranched alkanes of at least 4 members (excludes halogenated alkanes) is 1. The summed E-state index contributed by atoms with van der Waals surface area (Å²) in [6, 6.07) is 3.32. The largest absolute Gasteiger partial charge is 0.349 e. The van der Waals surface area contributed by atoms with Gasteiger partial charge >= 0.3 is 5.69 Å². The van der Waals surface area contributed by atoms with E-state index in [9.17, 15) is 9.59 Å². The summed E-state index contributed by atoms with van der Waals surface area (Å²) in [4.78, 5) is 36.8. The van der Waals surface area contributed by atoms with Crippen LogP contribution in [0.2, 0.25) is 10.0 Å². The third kappa shape index (κ3) is 4.15. The van der Waals surface area contributed by atoms with E-state index in [1.165, 1.54) is 0 Å². The van der Waals surface area contributed by atoms with Gasteiger partial charge in [-0.15, -0.1) is 0 Å². The Morgan fingerprint density at radius 2 is 1.78 bits per heavy atom. The van der Waals surface area contributed by atoms with Crippen LogP contribution >= 0.6 is 23.2 Å². The molecule has 0 fully saturated rings. The molecule has 27 heavy (non-hydrogen) atoms. The van der Waals surface area contributed by atoms with Crippen molar-refractivity contribution in [2.75, 3.05) is 19.6 Å². The first kappa shape index (κ1) is 19.8. The molecule has 0 atom stereocenters. The second-order valence-electron chi connectivity index (χ2n) is 6.30. The fourth-order valence-corrected chi connectivity index (χ4v) is 3.48. The zero-order chi connectivity index (χ0) is 19.6. The highest BCUT2D eigenvalue weighted by Crippen LogP contribution is 2.29. The van der Waals surface area contributed by atoms with Gasteiger partial charge in [-0.25, -0.2) is 9.78 Å². The number of halogens is 2. The van der Waals surface area contributed by atoms with Crippen molar-refractivity contribution in [3.8, 4) is 11.5 Å². The number of fused-ring (bicyclic) bond motifs is 2. The predicted octanol–water partition coefficient (Wildman–Crippen LogP) is 3.01. The monoisotopic (exact) mass is 409 g/mol. The standard InChI is InChI=1S/C18H21Cl2N5O2/c1-3-24(4-2)7-5-6-8-25-14-10-12(20)11(19)9-13(14)21-15-16(25)22-18(27)23-17(15)26/h9-10H,3-8H2,1-2H3,(H,23,26,27). The van der Waals surface area contributed by atoms with Crippen molar-refractivity contribution in [3.05, 3.63) is 43.0 Å². The molecule has 1 aromatic carbocycles. The number of aromatic amines is 1. The van der Waals surface area contributed by atoms with Gasteiger partial charge in [0.25, 0.3) is 5.56 Å². The molecule has 2 aliphatic rings. The van der Waals surface area contributed by atoms with E-state index >= 15 is 0 Å². The van der Waals surface area contributed by atoms with Crippen molar-refractivity contribution < 1.29 is 0 Å². The second kappa shape index (κ2) is 8.37. The predicted molar refractivity (Wildman–Crippen MR) is 108 cm³/mol. The maximum Gasteiger partial charge on any atom is 0.349 e. The van der Waals surface area contributed by atoms with Gasteiger partial charge in [-0.3, -0.25) is 9.78 Å². The minimum absolute atomic E-state index is 0.115. The van der Waals surface area contributed by atoms with Gasteiger partial charge in [0.1, 0.15) is 0 Å². The van der Waals surface area contributed by atoms with Crippen LogP contribution in [0, 0.1) is 0 Å². The molecule has 0 unspecified atom stereocenters. The van der Waals surface area contributed by atoms with Gasteiger partial charge in [0.2, 0.25) is 0 Å². The van der Waals surface area contributed by atoms with E-state index in [0.29, 0.717) is 27.6 Å². The fraction of sp³-hybridized carbons (Fsp3) is 0.444. The second-order valence-corrected chi connectivity index (χ2v) is 7.11. The number of aromatic nitrogens is 4. The quantitative estimate of drug-likeness (QED) is 0.478. The Hall–Kier alpha value is -1.96. The third-order valence-corrected chi connectivity index (χ3v) is 5.37. The molecule has 144 valence electrons. The summed E-state index contributed by atoms with van der Waals surface area (Å²) in [6.07, 6.45) is 1.84. The first-order chi connectivity index (χ1) is 12.9. The zero-order valence-corrected chi connectivity index (χ0v) is 16.8. The average Bonchev–Trinajstić information content (AvgIpc) is 2.63. The summed E-state index contributed by atoms with van der Waals surface area (Å²) < 4.78 is 1.83. The van der Waals surface area contributed by atoms with Crippen LogP contribution in [0.1, 0.15) is 26.7 Å². The highest BCUT2D eigenvalue weighted by atomic mass is 35.5. The van der Waals surface area contributed by atoms with Crippen molar-refractivity contribution in [3.63, 3.8) is 0 Å². The van der Waals surface area contributed by atoms with Crippen LogP contribution in [0.25, 0.3) is 22.6 Å². The van der Waals surface area contributed by atoms with Gasteiger partial charge in [-0.1, -0.05) is 37.0 Å². The number of hydrogen-bond acceptors (Lipinski definition) is 5. The van der Waals surface area contributed by atoms with Crippen LogP contribution in [0.3, 0.4) is 0 Å². The molecule has 9 heteroatoms. The molecule has 3 rings (SSSR count). The molecule has 0 aromatic heterocycles. The highest BCUT2D eigenvalue weighted by molar-refractivity contribution is 6.42. The molecule has 0 aliphatic carbocycles. The van der Waals surface area contributed by atoms with E-state index in [0.717, 1.165) is 32.5 Å². The summed E-state index contributed by atoms with van der Waals surface area (Å²) in [5.41, 5.74) is 0.0912. The van der Waals surface area contributed by atoms with Crippen molar-refractivity contribution in [1.29, 1.82) is 0 Å². The van der Waals surface area contributed by atoms with E-state index in [4.69, 9.17) is 23.2 Å². The van der Waals surface area contributed by atoms with Crippen molar-refractivity contribution in [1.82, 2.24) is 24.4 Å². The van der Waals surface area contributed by atoms with Crippen LogP contribution in [-0.2, 0) is 6.54 Å². The summed E-state index contributed by atoms with van der Waals surface area (Å²) in [6.45, 7) is 7.87. The maximum absolute atomic E-state index is 12.2.